The first-order valence-corrected chi connectivity index (χ1v) is 7.02. The first-order valence-electron chi connectivity index (χ1n) is 7.02. The summed E-state index contributed by atoms with van der Waals surface area (Å²) in [6.07, 6.45) is 5.56. The average Bonchev–Trinajstić information content (AvgIpc) is 2.94. The van der Waals surface area contributed by atoms with Crippen molar-refractivity contribution in [3.05, 3.63) is 18.0 Å². The number of carbonyl (C=O) groups is 1. The van der Waals surface area contributed by atoms with Crippen molar-refractivity contribution in [2.75, 3.05) is 6.61 Å². The molecule has 0 aliphatic heterocycles. The minimum atomic E-state index is -0.793. The number of rotatable bonds is 5. The first-order chi connectivity index (χ1) is 9.06. The molecule has 2 unspecified atom stereocenters. The highest BCUT2D eigenvalue weighted by Gasteiger charge is 2.46. The molecule has 5 nitrogen and oxygen atoms in total. The molecule has 1 heterocycles. The van der Waals surface area contributed by atoms with E-state index in [2.05, 4.69) is 5.10 Å². The molecule has 1 aliphatic rings. The van der Waals surface area contributed by atoms with Crippen molar-refractivity contribution in [1.29, 1.82) is 0 Å². The van der Waals surface area contributed by atoms with Crippen LogP contribution >= 0.6 is 0 Å². The molecule has 5 heteroatoms. The molecule has 0 bridgehead atoms. The van der Waals surface area contributed by atoms with Gasteiger partial charge in [0.25, 0.3) is 0 Å². The quantitative estimate of drug-likeness (QED) is 0.822. The number of nitrogens with two attached hydrogens (primary N) is 1. The Kier molecular flexibility index (Phi) is 4.24. The summed E-state index contributed by atoms with van der Waals surface area (Å²) in [6.45, 7) is 4.98. The van der Waals surface area contributed by atoms with Crippen molar-refractivity contribution in [2.24, 2.45) is 11.7 Å². The Morgan fingerprint density at radius 1 is 1.68 bits per heavy atom. The molecule has 0 radical (unpaired) electrons. The van der Waals surface area contributed by atoms with Crippen LogP contribution in [0.25, 0.3) is 0 Å². The summed E-state index contributed by atoms with van der Waals surface area (Å²) in [5.74, 6) is -0.0507. The van der Waals surface area contributed by atoms with Gasteiger partial charge in [-0.2, -0.15) is 5.10 Å². The molecule has 0 aromatic carbocycles. The molecule has 2 N–H and O–H groups in total. The molecule has 2 rings (SSSR count). The van der Waals surface area contributed by atoms with Gasteiger partial charge >= 0.3 is 5.97 Å². The Labute approximate surface area is 114 Å². The van der Waals surface area contributed by atoms with Crippen LogP contribution in [0.1, 0.15) is 38.3 Å². The van der Waals surface area contributed by atoms with Gasteiger partial charge in [-0.25, -0.2) is 0 Å². The Morgan fingerprint density at radius 2 is 2.47 bits per heavy atom. The number of esters is 1. The SMILES string of the molecule is CCOC(=O)C1(N)CCCC1CCn1ccc(C)n1. The fourth-order valence-electron chi connectivity index (χ4n) is 2.91. The highest BCUT2D eigenvalue weighted by Crippen LogP contribution is 2.37. The standard InChI is InChI=1S/C14H23N3O2/c1-3-19-13(18)14(15)8-4-5-12(14)7-10-17-9-6-11(2)16-17/h6,9,12H,3-5,7-8,10,15H2,1-2H3. The van der Waals surface area contributed by atoms with Crippen LogP contribution in [0.4, 0.5) is 0 Å². The molecule has 0 amide bonds. The Balaban J connectivity index is 1.96. The van der Waals surface area contributed by atoms with Crippen molar-refractivity contribution >= 4 is 5.97 Å². The highest BCUT2D eigenvalue weighted by molar-refractivity contribution is 5.81. The van der Waals surface area contributed by atoms with Gasteiger partial charge < -0.3 is 10.5 Å². The minimum absolute atomic E-state index is 0.191. The topological polar surface area (TPSA) is 70.1 Å². The van der Waals surface area contributed by atoms with E-state index in [1.54, 1.807) is 0 Å². The summed E-state index contributed by atoms with van der Waals surface area (Å²) in [5, 5.41) is 4.36. The lowest BCUT2D eigenvalue weighted by Gasteiger charge is -2.28. The summed E-state index contributed by atoms with van der Waals surface area (Å²) < 4.78 is 7.04. The Morgan fingerprint density at radius 3 is 3.11 bits per heavy atom. The Hall–Kier alpha value is -1.36. The van der Waals surface area contributed by atoms with E-state index >= 15 is 0 Å². The third kappa shape index (κ3) is 2.97. The van der Waals surface area contributed by atoms with Gasteiger partial charge in [0.15, 0.2) is 0 Å². The zero-order chi connectivity index (χ0) is 13.9. The van der Waals surface area contributed by atoms with Crippen molar-refractivity contribution < 1.29 is 9.53 Å². The molecular formula is C14H23N3O2. The van der Waals surface area contributed by atoms with Crippen LogP contribution in [0.15, 0.2) is 12.3 Å². The lowest BCUT2D eigenvalue weighted by atomic mass is 9.85. The number of hydrogen-bond acceptors (Lipinski definition) is 4. The number of hydrogen-bond donors (Lipinski definition) is 1. The van der Waals surface area contributed by atoms with Crippen molar-refractivity contribution in [3.8, 4) is 0 Å². The third-order valence-corrected chi connectivity index (χ3v) is 4.01. The van der Waals surface area contributed by atoms with Gasteiger partial charge in [0.2, 0.25) is 0 Å². The summed E-state index contributed by atoms with van der Waals surface area (Å²) >= 11 is 0. The summed E-state index contributed by atoms with van der Waals surface area (Å²) in [4.78, 5) is 12.0. The predicted octanol–water partition coefficient (Wildman–Crippen LogP) is 1.64. The molecule has 1 fully saturated rings. The summed E-state index contributed by atoms with van der Waals surface area (Å²) in [7, 11) is 0. The number of nitrogens with zero attached hydrogens (tertiary/aromatic N) is 2. The maximum absolute atomic E-state index is 12.0. The lowest BCUT2D eigenvalue weighted by Crippen LogP contribution is -2.52. The van der Waals surface area contributed by atoms with Crippen LogP contribution in [0.3, 0.4) is 0 Å². The van der Waals surface area contributed by atoms with Crippen LogP contribution in [-0.4, -0.2) is 27.9 Å². The van der Waals surface area contributed by atoms with E-state index in [1.165, 1.54) is 0 Å². The smallest absolute Gasteiger partial charge is 0.326 e. The number of aromatic nitrogens is 2. The van der Waals surface area contributed by atoms with Crippen molar-refractivity contribution in [1.82, 2.24) is 9.78 Å². The number of aryl methyl sites for hydroxylation is 2. The molecule has 0 spiro atoms. The zero-order valence-corrected chi connectivity index (χ0v) is 11.8. The van der Waals surface area contributed by atoms with Gasteiger partial charge in [-0.05, 0) is 45.1 Å². The maximum atomic E-state index is 12.0. The van der Waals surface area contributed by atoms with Crippen LogP contribution in [0.2, 0.25) is 0 Å². The predicted molar refractivity (Wildman–Crippen MR) is 72.5 cm³/mol. The fourth-order valence-corrected chi connectivity index (χ4v) is 2.91. The van der Waals surface area contributed by atoms with Crippen LogP contribution in [-0.2, 0) is 16.1 Å². The second-order valence-electron chi connectivity index (χ2n) is 5.36. The molecule has 2 atom stereocenters. The average molecular weight is 265 g/mol. The molecule has 1 saturated carbocycles. The largest absolute Gasteiger partial charge is 0.465 e. The van der Waals surface area contributed by atoms with E-state index in [0.29, 0.717) is 6.61 Å². The van der Waals surface area contributed by atoms with Gasteiger partial charge in [-0.3, -0.25) is 9.48 Å². The van der Waals surface area contributed by atoms with Gasteiger partial charge in [0, 0.05) is 12.7 Å². The van der Waals surface area contributed by atoms with E-state index in [0.717, 1.165) is 37.9 Å². The van der Waals surface area contributed by atoms with E-state index < -0.39 is 5.54 Å². The van der Waals surface area contributed by atoms with E-state index in [1.807, 2.05) is 30.8 Å². The monoisotopic (exact) mass is 265 g/mol. The van der Waals surface area contributed by atoms with Crippen LogP contribution in [0, 0.1) is 12.8 Å². The number of ether oxygens (including phenoxy) is 1. The van der Waals surface area contributed by atoms with Gasteiger partial charge in [0.1, 0.15) is 5.54 Å². The second-order valence-corrected chi connectivity index (χ2v) is 5.36. The van der Waals surface area contributed by atoms with Crippen molar-refractivity contribution in [3.63, 3.8) is 0 Å². The molecule has 0 saturated heterocycles. The van der Waals surface area contributed by atoms with Crippen LogP contribution in [0.5, 0.6) is 0 Å². The molecular weight excluding hydrogens is 242 g/mol. The van der Waals surface area contributed by atoms with E-state index in [4.69, 9.17) is 10.5 Å². The van der Waals surface area contributed by atoms with Gasteiger partial charge in [-0.15, -0.1) is 0 Å². The lowest BCUT2D eigenvalue weighted by molar-refractivity contribution is -0.151. The minimum Gasteiger partial charge on any atom is -0.465 e. The molecule has 1 aliphatic carbocycles. The molecule has 1 aromatic rings. The highest BCUT2D eigenvalue weighted by atomic mass is 16.5. The molecule has 1 aromatic heterocycles. The summed E-state index contributed by atoms with van der Waals surface area (Å²) in [6, 6.07) is 1.98. The fraction of sp³-hybridized carbons (Fsp3) is 0.714. The second kappa shape index (κ2) is 5.74. The van der Waals surface area contributed by atoms with Crippen LogP contribution < -0.4 is 5.73 Å². The van der Waals surface area contributed by atoms with Gasteiger partial charge in [0.05, 0.1) is 12.3 Å². The molecule has 106 valence electrons. The van der Waals surface area contributed by atoms with Crippen molar-refractivity contribution in [2.45, 2.75) is 51.6 Å². The third-order valence-electron chi connectivity index (χ3n) is 4.01. The van der Waals surface area contributed by atoms with Gasteiger partial charge in [-0.1, -0.05) is 6.42 Å². The zero-order valence-electron chi connectivity index (χ0n) is 11.8. The summed E-state index contributed by atoms with van der Waals surface area (Å²) in [5.41, 5.74) is 6.51. The molecule has 19 heavy (non-hydrogen) atoms. The Bertz CT molecular complexity index is 444. The normalized spacial score (nSPS) is 26.6. The first kappa shape index (κ1) is 14.1. The van der Waals surface area contributed by atoms with E-state index in [-0.39, 0.29) is 11.9 Å². The number of carbonyl (C=O) groups excluding carboxylic acids is 1. The van der Waals surface area contributed by atoms with E-state index in [9.17, 15) is 4.79 Å². The maximum Gasteiger partial charge on any atom is 0.326 e.